The lowest BCUT2D eigenvalue weighted by Crippen LogP contribution is -2.63. The topological polar surface area (TPSA) is 83.8 Å². The summed E-state index contributed by atoms with van der Waals surface area (Å²) < 4.78 is 5.77. The van der Waals surface area contributed by atoms with Crippen molar-refractivity contribution in [3.8, 4) is 0 Å². The molecule has 3 aliphatic carbocycles. The number of ether oxygens (including phenoxy) is 1. The molecule has 2 bridgehead atoms. The number of carbonyl (C=O) groups excluding carboxylic acids is 2. The molecule has 5 nitrogen and oxygen atoms in total. The van der Waals surface area contributed by atoms with Gasteiger partial charge < -0.3 is 14.9 Å². The molecule has 4 unspecified atom stereocenters. The molecule has 152 valence electrons. The van der Waals surface area contributed by atoms with Gasteiger partial charge in [0.25, 0.3) is 0 Å². The Balaban J connectivity index is 2.21. The van der Waals surface area contributed by atoms with Gasteiger partial charge in [-0.25, -0.2) is 4.79 Å². The molecule has 8 atom stereocenters. The average molecular weight is 379 g/mol. The second-order valence-electron chi connectivity index (χ2n) is 9.72. The minimum Gasteiger partial charge on any atom is -0.460 e. The van der Waals surface area contributed by atoms with Crippen LogP contribution in [-0.4, -0.2) is 40.8 Å². The van der Waals surface area contributed by atoms with Crippen LogP contribution in [-0.2, 0) is 14.3 Å². The number of rotatable bonds is 3. The third kappa shape index (κ3) is 2.72. The summed E-state index contributed by atoms with van der Waals surface area (Å²) >= 11 is 0. The van der Waals surface area contributed by atoms with Crippen molar-refractivity contribution in [2.75, 3.05) is 6.61 Å². The summed E-state index contributed by atoms with van der Waals surface area (Å²) in [5.74, 6) is -0.520. The van der Waals surface area contributed by atoms with Crippen molar-refractivity contribution >= 4 is 11.8 Å². The van der Waals surface area contributed by atoms with Crippen LogP contribution in [0.15, 0.2) is 12.7 Å². The minimum absolute atomic E-state index is 0.0433. The molecule has 0 radical (unpaired) electrons. The Morgan fingerprint density at radius 2 is 2.00 bits per heavy atom. The molecule has 0 aromatic carbocycles. The maximum absolute atomic E-state index is 13.1. The molecule has 0 spiro atoms. The quantitative estimate of drug-likeness (QED) is 0.583. The van der Waals surface area contributed by atoms with Crippen LogP contribution in [0.5, 0.6) is 0 Å². The van der Waals surface area contributed by atoms with Crippen molar-refractivity contribution in [2.24, 2.45) is 34.0 Å². The summed E-state index contributed by atoms with van der Waals surface area (Å²) in [6.07, 6.45) is 4.10. The summed E-state index contributed by atoms with van der Waals surface area (Å²) in [6, 6.07) is 0. The first-order chi connectivity index (χ1) is 12.6. The highest BCUT2D eigenvalue weighted by Gasteiger charge is 2.68. The Bertz CT molecular complexity index is 645. The minimum atomic E-state index is -0.686. The fourth-order valence-electron chi connectivity index (χ4n) is 6.70. The lowest BCUT2D eigenvalue weighted by molar-refractivity contribution is -0.207. The summed E-state index contributed by atoms with van der Waals surface area (Å²) in [7, 11) is 0. The molecular formula is C22H34O5. The predicted octanol–water partition coefficient (Wildman–Crippen LogP) is 2.89. The molecule has 3 rings (SSSR count). The lowest BCUT2D eigenvalue weighted by atomic mass is 9.44. The molecule has 5 heteroatoms. The number of Topliss-reactive ketones (excluding diaryl/α,β-unsaturated/α-hetero) is 1. The molecule has 3 aliphatic rings. The number of aliphatic hydroxyl groups excluding tert-OH is 2. The van der Waals surface area contributed by atoms with E-state index in [0.717, 1.165) is 19.3 Å². The molecular weight excluding hydrogens is 344 g/mol. The van der Waals surface area contributed by atoms with E-state index in [0.29, 0.717) is 12.8 Å². The first-order valence-corrected chi connectivity index (χ1v) is 10.2. The molecule has 0 amide bonds. The molecule has 3 fully saturated rings. The molecule has 3 saturated carbocycles. The molecule has 0 aliphatic heterocycles. The smallest absolute Gasteiger partial charge is 0.332 e. The SMILES string of the molecule is C=C[C@]1(C)C[C@@H](OC(=O)CO)C2(C)C(C)CCC3(CCC(=O)C32)[C@@H](C)[C@@H]1O. The van der Waals surface area contributed by atoms with Crippen LogP contribution in [0.4, 0.5) is 0 Å². The van der Waals surface area contributed by atoms with Crippen LogP contribution >= 0.6 is 0 Å². The van der Waals surface area contributed by atoms with Gasteiger partial charge in [-0.3, -0.25) is 4.79 Å². The zero-order valence-electron chi connectivity index (χ0n) is 17.0. The Hall–Kier alpha value is -1.20. The van der Waals surface area contributed by atoms with Gasteiger partial charge in [0.15, 0.2) is 0 Å². The number of hydrogen-bond donors (Lipinski definition) is 2. The van der Waals surface area contributed by atoms with E-state index in [2.05, 4.69) is 27.4 Å². The number of aliphatic hydroxyl groups is 2. The fraction of sp³-hybridized carbons (Fsp3) is 0.818. The van der Waals surface area contributed by atoms with E-state index in [9.17, 15) is 19.8 Å². The van der Waals surface area contributed by atoms with Gasteiger partial charge in [0.05, 0.1) is 6.10 Å². The normalized spacial score (nSPS) is 49.7. The highest BCUT2D eigenvalue weighted by atomic mass is 16.6. The van der Waals surface area contributed by atoms with Crippen LogP contribution in [0.3, 0.4) is 0 Å². The van der Waals surface area contributed by atoms with Crippen molar-refractivity contribution in [3.05, 3.63) is 12.7 Å². The second kappa shape index (κ2) is 6.70. The Labute approximate surface area is 162 Å². The van der Waals surface area contributed by atoms with E-state index in [4.69, 9.17) is 4.74 Å². The first kappa shape index (κ1) is 20.5. The van der Waals surface area contributed by atoms with Gasteiger partial charge in [0, 0.05) is 23.2 Å². The van der Waals surface area contributed by atoms with Crippen molar-refractivity contribution < 1.29 is 24.5 Å². The van der Waals surface area contributed by atoms with Gasteiger partial charge in [-0.2, -0.15) is 0 Å². The van der Waals surface area contributed by atoms with Crippen LogP contribution < -0.4 is 0 Å². The number of ketones is 1. The van der Waals surface area contributed by atoms with Gasteiger partial charge in [-0.1, -0.05) is 33.8 Å². The summed E-state index contributed by atoms with van der Waals surface area (Å²) in [5.41, 5.74) is -1.43. The van der Waals surface area contributed by atoms with Gasteiger partial charge in [0.2, 0.25) is 0 Å². The zero-order valence-corrected chi connectivity index (χ0v) is 17.0. The highest BCUT2D eigenvalue weighted by Crippen LogP contribution is 2.67. The van der Waals surface area contributed by atoms with Crippen LogP contribution in [0.2, 0.25) is 0 Å². The Morgan fingerprint density at radius 3 is 2.59 bits per heavy atom. The van der Waals surface area contributed by atoms with E-state index in [1.165, 1.54) is 0 Å². The second-order valence-corrected chi connectivity index (χ2v) is 9.72. The van der Waals surface area contributed by atoms with E-state index < -0.39 is 35.6 Å². The van der Waals surface area contributed by atoms with Gasteiger partial charge in [0.1, 0.15) is 18.5 Å². The highest BCUT2D eigenvalue weighted by molar-refractivity contribution is 5.85. The Kier molecular flexibility index (Phi) is 5.09. The van der Waals surface area contributed by atoms with E-state index in [-0.39, 0.29) is 29.0 Å². The zero-order chi connectivity index (χ0) is 20.2. The summed E-state index contributed by atoms with van der Waals surface area (Å²) in [6.45, 7) is 11.5. The molecule has 0 saturated heterocycles. The van der Waals surface area contributed by atoms with Crippen molar-refractivity contribution in [2.45, 2.75) is 72.0 Å². The first-order valence-electron chi connectivity index (χ1n) is 10.2. The van der Waals surface area contributed by atoms with Gasteiger partial charge in [-0.15, -0.1) is 6.58 Å². The van der Waals surface area contributed by atoms with Crippen molar-refractivity contribution in [1.82, 2.24) is 0 Å². The largest absolute Gasteiger partial charge is 0.460 e. The average Bonchev–Trinajstić information content (AvgIpc) is 3.00. The monoisotopic (exact) mass is 378 g/mol. The van der Waals surface area contributed by atoms with Crippen LogP contribution in [0.1, 0.15) is 59.8 Å². The maximum Gasteiger partial charge on any atom is 0.332 e. The standard InChI is InChI=1S/C22H34O5/c1-6-20(4)11-16(27-17(25)12-23)21(5)13(2)7-9-22(14(3)19(20)26)10-8-15(24)18(21)22/h6,13-14,16,18-19,23,26H,1,7-12H2,2-5H3/t13?,14-,16+,18?,19-,20+,21?,22?/m0/s1. The fourth-order valence-corrected chi connectivity index (χ4v) is 6.70. The predicted molar refractivity (Wildman–Crippen MR) is 102 cm³/mol. The van der Waals surface area contributed by atoms with Crippen molar-refractivity contribution in [3.63, 3.8) is 0 Å². The van der Waals surface area contributed by atoms with E-state index in [1.807, 2.05) is 6.92 Å². The number of hydrogen-bond acceptors (Lipinski definition) is 5. The molecule has 27 heavy (non-hydrogen) atoms. The van der Waals surface area contributed by atoms with Crippen LogP contribution in [0, 0.1) is 34.0 Å². The van der Waals surface area contributed by atoms with E-state index >= 15 is 0 Å². The summed E-state index contributed by atoms with van der Waals surface area (Å²) in [5, 5.41) is 20.6. The lowest BCUT2D eigenvalue weighted by Gasteiger charge is -2.61. The Morgan fingerprint density at radius 1 is 1.33 bits per heavy atom. The van der Waals surface area contributed by atoms with Gasteiger partial charge in [-0.05, 0) is 42.9 Å². The third-order valence-electron chi connectivity index (χ3n) is 8.70. The number of esters is 1. The van der Waals surface area contributed by atoms with Gasteiger partial charge >= 0.3 is 5.97 Å². The third-order valence-corrected chi connectivity index (χ3v) is 8.70. The molecule has 0 heterocycles. The number of carbonyl (C=O) groups is 2. The summed E-state index contributed by atoms with van der Waals surface area (Å²) in [4.78, 5) is 25.2. The van der Waals surface area contributed by atoms with Crippen molar-refractivity contribution in [1.29, 1.82) is 0 Å². The molecule has 2 N–H and O–H groups in total. The maximum atomic E-state index is 13.1. The van der Waals surface area contributed by atoms with Crippen LogP contribution in [0.25, 0.3) is 0 Å². The molecule has 0 aromatic rings. The van der Waals surface area contributed by atoms with E-state index in [1.54, 1.807) is 6.08 Å². The molecule has 0 aromatic heterocycles.